The maximum atomic E-state index is 13.0. The van der Waals surface area contributed by atoms with Crippen molar-refractivity contribution in [3.63, 3.8) is 0 Å². The summed E-state index contributed by atoms with van der Waals surface area (Å²) in [4.78, 5) is 33.3. The number of carbonyl (C=O) groups excluding carboxylic acids is 2. The van der Waals surface area contributed by atoms with Crippen molar-refractivity contribution in [2.75, 3.05) is 24.5 Å². The number of benzene rings is 1. The first-order valence-corrected chi connectivity index (χ1v) is 9.70. The van der Waals surface area contributed by atoms with Crippen molar-refractivity contribution in [1.29, 1.82) is 0 Å². The van der Waals surface area contributed by atoms with Gasteiger partial charge >= 0.3 is 0 Å². The molecule has 6 nitrogen and oxygen atoms in total. The maximum absolute atomic E-state index is 13.0. The van der Waals surface area contributed by atoms with Crippen LogP contribution in [-0.2, 0) is 4.79 Å². The largest absolute Gasteiger partial charge is 0.508 e. The van der Waals surface area contributed by atoms with Gasteiger partial charge in [0.2, 0.25) is 5.91 Å². The number of piperidine rings is 1. The average molecular weight is 392 g/mol. The van der Waals surface area contributed by atoms with Gasteiger partial charge in [0, 0.05) is 25.2 Å². The van der Waals surface area contributed by atoms with E-state index in [-0.39, 0.29) is 17.6 Å². The molecule has 3 heterocycles. The summed E-state index contributed by atoms with van der Waals surface area (Å²) in [7, 11) is 0. The van der Waals surface area contributed by atoms with E-state index in [2.05, 4.69) is 4.98 Å². The number of likely N-dealkylation sites (tertiary alicyclic amines) is 1. The van der Waals surface area contributed by atoms with Gasteiger partial charge < -0.3 is 10.0 Å². The molecular formula is C18H18ClN3O3S. The summed E-state index contributed by atoms with van der Waals surface area (Å²) >= 11 is 7.25. The zero-order chi connectivity index (χ0) is 18.3. The molecule has 0 radical (unpaired) electrons. The minimum absolute atomic E-state index is 0.0769. The molecule has 0 bridgehead atoms. The van der Waals surface area contributed by atoms with Gasteiger partial charge in [-0.2, -0.15) is 0 Å². The molecule has 2 aromatic rings. The number of rotatable bonds is 2. The van der Waals surface area contributed by atoms with Crippen LogP contribution in [0, 0.1) is 5.41 Å². The fourth-order valence-corrected chi connectivity index (χ4v) is 4.72. The van der Waals surface area contributed by atoms with Gasteiger partial charge in [0.25, 0.3) is 5.91 Å². The molecule has 0 saturated carbocycles. The normalized spacial score (nSPS) is 19.3. The number of aromatic hydroxyl groups is 1. The van der Waals surface area contributed by atoms with E-state index in [1.165, 1.54) is 17.4 Å². The minimum atomic E-state index is -0.409. The molecule has 2 saturated heterocycles. The molecule has 0 aliphatic carbocycles. The second-order valence-electron chi connectivity index (χ2n) is 6.78. The Kier molecular flexibility index (Phi) is 4.36. The second kappa shape index (κ2) is 6.55. The Morgan fingerprint density at radius 3 is 2.62 bits per heavy atom. The van der Waals surface area contributed by atoms with Crippen molar-refractivity contribution in [1.82, 2.24) is 9.88 Å². The Hall–Kier alpha value is -2.12. The third kappa shape index (κ3) is 2.95. The second-order valence-corrected chi connectivity index (χ2v) is 8.42. The topological polar surface area (TPSA) is 73.7 Å². The number of amides is 2. The van der Waals surface area contributed by atoms with Gasteiger partial charge in [-0.1, -0.05) is 29.0 Å². The number of halogens is 1. The molecule has 1 aromatic heterocycles. The highest BCUT2D eigenvalue weighted by atomic mass is 35.5. The molecule has 0 atom stereocenters. The smallest absolute Gasteiger partial charge is 0.253 e. The number of hydrogen-bond donors (Lipinski definition) is 1. The standard InChI is InChI=1S/C18H18ClN3O3S/c19-14-11-20-17(26-14)22-9-6-18(16(22)25)4-7-21(8-5-18)15(24)12-2-1-3-13(23)10-12/h1-3,10-11,23H,4-9H2. The quantitative estimate of drug-likeness (QED) is 0.853. The lowest BCUT2D eigenvalue weighted by Crippen LogP contribution is -2.46. The van der Waals surface area contributed by atoms with Gasteiger partial charge in [0.05, 0.1) is 11.6 Å². The fourth-order valence-electron chi connectivity index (χ4n) is 3.80. The number of hydrogen-bond acceptors (Lipinski definition) is 5. The van der Waals surface area contributed by atoms with Gasteiger partial charge in [-0.3, -0.25) is 14.5 Å². The van der Waals surface area contributed by atoms with Gasteiger partial charge in [0.15, 0.2) is 5.13 Å². The number of phenolic OH excluding ortho intramolecular Hbond substituents is 1. The summed E-state index contributed by atoms with van der Waals surface area (Å²) in [6.07, 6.45) is 3.63. The molecule has 26 heavy (non-hydrogen) atoms. The van der Waals surface area contributed by atoms with Crippen LogP contribution >= 0.6 is 22.9 Å². The van der Waals surface area contributed by atoms with E-state index >= 15 is 0 Å². The molecule has 136 valence electrons. The number of nitrogens with zero attached hydrogens (tertiary/aromatic N) is 3. The minimum Gasteiger partial charge on any atom is -0.508 e. The van der Waals surface area contributed by atoms with Crippen LogP contribution in [0.5, 0.6) is 5.75 Å². The van der Waals surface area contributed by atoms with E-state index in [0.717, 1.165) is 6.42 Å². The number of carbonyl (C=O) groups is 2. The first-order valence-electron chi connectivity index (χ1n) is 8.50. The molecular weight excluding hydrogens is 374 g/mol. The number of anilines is 1. The summed E-state index contributed by atoms with van der Waals surface area (Å²) < 4.78 is 0.570. The van der Waals surface area contributed by atoms with Gasteiger partial charge in [0.1, 0.15) is 10.1 Å². The Bertz CT molecular complexity index is 861. The van der Waals surface area contributed by atoms with Crippen molar-refractivity contribution in [2.45, 2.75) is 19.3 Å². The van der Waals surface area contributed by atoms with Crippen molar-refractivity contribution >= 4 is 39.9 Å². The van der Waals surface area contributed by atoms with Crippen LogP contribution < -0.4 is 4.90 Å². The molecule has 2 aliphatic heterocycles. The molecule has 4 rings (SSSR count). The number of thiazole rings is 1. The van der Waals surface area contributed by atoms with E-state index in [1.54, 1.807) is 34.2 Å². The number of phenols is 1. The zero-order valence-corrected chi connectivity index (χ0v) is 15.6. The van der Waals surface area contributed by atoms with Crippen LogP contribution in [0.1, 0.15) is 29.6 Å². The monoisotopic (exact) mass is 391 g/mol. The lowest BCUT2D eigenvalue weighted by Gasteiger charge is -2.37. The van der Waals surface area contributed by atoms with Crippen molar-refractivity contribution in [3.05, 3.63) is 40.4 Å². The predicted molar refractivity (Wildman–Crippen MR) is 99.8 cm³/mol. The van der Waals surface area contributed by atoms with Crippen LogP contribution in [0.25, 0.3) is 0 Å². The van der Waals surface area contributed by atoms with Gasteiger partial charge in [-0.25, -0.2) is 4.98 Å². The zero-order valence-electron chi connectivity index (χ0n) is 14.0. The number of aromatic nitrogens is 1. The Balaban J connectivity index is 1.45. The average Bonchev–Trinajstić information content (AvgIpc) is 3.20. The van der Waals surface area contributed by atoms with E-state index in [9.17, 15) is 14.7 Å². The highest BCUT2D eigenvalue weighted by Crippen LogP contribution is 2.44. The fraction of sp³-hybridized carbons (Fsp3) is 0.389. The van der Waals surface area contributed by atoms with E-state index in [0.29, 0.717) is 47.5 Å². The lowest BCUT2D eigenvalue weighted by molar-refractivity contribution is -0.127. The molecule has 1 spiro atoms. The third-order valence-corrected chi connectivity index (χ3v) is 6.45. The Morgan fingerprint density at radius 1 is 1.23 bits per heavy atom. The molecule has 0 unspecified atom stereocenters. The Labute approximate surface area is 160 Å². The third-order valence-electron chi connectivity index (χ3n) is 5.31. The van der Waals surface area contributed by atoms with Crippen LogP contribution in [0.2, 0.25) is 4.34 Å². The summed E-state index contributed by atoms with van der Waals surface area (Å²) in [5.74, 6) is 0.0609. The lowest BCUT2D eigenvalue weighted by atomic mass is 9.77. The first kappa shape index (κ1) is 17.3. The van der Waals surface area contributed by atoms with Crippen molar-refractivity contribution < 1.29 is 14.7 Å². The first-order chi connectivity index (χ1) is 12.5. The molecule has 2 amide bonds. The maximum Gasteiger partial charge on any atom is 0.253 e. The molecule has 1 N–H and O–H groups in total. The molecule has 8 heteroatoms. The van der Waals surface area contributed by atoms with E-state index in [1.807, 2.05) is 0 Å². The van der Waals surface area contributed by atoms with Gasteiger partial charge in [-0.05, 0) is 37.5 Å². The summed E-state index contributed by atoms with van der Waals surface area (Å²) in [5, 5.41) is 10.2. The van der Waals surface area contributed by atoms with Crippen molar-refractivity contribution in [2.24, 2.45) is 5.41 Å². The highest BCUT2D eigenvalue weighted by molar-refractivity contribution is 7.19. The SMILES string of the molecule is O=C(c1cccc(O)c1)N1CCC2(CC1)CCN(c1ncc(Cl)s1)C2=O. The highest BCUT2D eigenvalue weighted by Gasteiger charge is 2.49. The molecule has 2 aliphatic rings. The summed E-state index contributed by atoms with van der Waals surface area (Å²) in [6, 6.07) is 6.37. The van der Waals surface area contributed by atoms with Gasteiger partial charge in [-0.15, -0.1) is 0 Å². The van der Waals surface area contributed by atoms with Crippen LogP contribution in [-0.4, -0.2) is 46.4 Å². The van der Waals surface area contributed by atoms with E-state index in [4.69, 9.17) is 11.6 Å². The van der Waals surface area contributed by atoms with Crippen LogP contribution in [0.15, 0.2) is 30.5 Å². The Morgan fingerprint density at radius 2 is 1.96 bits per heavy atom. The molecule has 2 fully saturated rings. The summed E-state index contributed by atoms with van der Waals surface area (Å²) in [6.45, 7) is 1.71. The van der Waals surface area contributed by atoms with E-state index < -0.39 is 5.41 Å². The molecule has 1 aromatic carbocycles. The predicted octanol–water partition coefficient (Wildman–Crippen LogP) is 3.16. The van der Waals surface area contributed by atoms with Crippen LogP contribution in [0.3, 0.4) is 0 Å². The van der Waals surface area contributed by atoms with Crippen molar-refractivity contribution in [3.8, 4) is 5.75 Å². The van der Waals surface area contributed by atoms with Crippen LogP contribution in [0.4, 0.5) is 5.13 Å². The summed E-state index contributed by atoms with van der Waals surface area (Å²) in [5.41, 5.74) is 0.0612.